The molecule has 2 N–H and O–H groups in total. The van der Waals surface area contributed by atoms with Gasteiger partial charge in [0.25, 0.3) is 5.91 Å². The fraction of sp³-hybridized carbons (Fsp3) is 0.533. The van der Waals surface area contributed by atoms with Crippen molar-refractivity contribution >= 4 is 34.8 Å². The molecular formula is C15H21Cl2N2O2+. The molecule has 4 nitrogen and oxygen atoms in total. The number of halogens is 2. The largest absolute Gasteiger partial charge is 0.364 e. The van der Waals surface area contributed by atoms with Gasteiger partial charge in [0, 0.05) is 5.02 Å². The molecule has 6 heteroatoms. The summed E-state index contributed by atoms with van der Waals surface area (Å²) < 4.78 is 5.71. The van der Waals surface area contributed by atoms with Crippen LogP contribution in [0.15, 0.2) is 18.2 Å². The highest BCUT2D eigenvalue weighted by Gasteiger charge is 2.33. The Balaban J connectivity index is 2.04. The molecule has 1 amide bonds. The van der Waals surface area contributed by atoms with Crippen molar-refractivity contribution in [3.8, 4) is 0 Å². The minimum absolute atomic E-state index is 0.0598. The van der Waals surface area contributed by atoms with E-state index in [1.54, 1.807) is 18.2 Å². The molecule has 1 saturated heterocycles. The van der Waals surface area contributed by atoms with Gasteiger partial charge in [-0.15, -0.1) is 0 Å². The lowest BCUT2D eigenvalue weighted by molar-refractivity contribution is -0.928. The van der Waals surface area contributed by atoms with Gasteiger partial charge in [-0.25, -0.2) is 0 Å². The average Bonchev–Trinajstić information content (AvgIpc) is 2.41. The number of anilines is 1. The van der Waals surface area contributed by atoms with Crippen LogP contribution in [0.25, 0.3) is 0 Å². The lowest BCUT2D eigenvalue weighted by atomic mass is 10.1. The van der Waals surface area contributed by atoms with E-state index in [1.165, 1.54) is 4.90 Å². The van der Waals surface area contributed by atoms with Gasteiger partial charge < -0.3 is 15.0 Å². The molecule has 0 spiro atoms. The fourth-order valence-corrected chi connectivity index (χ4v) is 3.02. The first kappa shape index (κ1) is 16.6. The highest BCUT2D eigenvalue weighted by molar-refractivity contribution is 6.35. The van der Waals surface area contributed by atoms with Gasteiger partial charge in [0.05, 0.1) is 10.7 Å². The van der Waals surface area contributed by atoms with Crippen LogP contribution in [0, 0.1) is 0 Å². The molecule has 1 heterocycles. The zero-order valence-electron chi connectivity index (χ0n) is 12.5. The number of carbonyl (C=O) groups is 1. The number of hydrogen-bond donors (Lipinski definition) is 2. The number of rotatable bonds is 3. The molecule has 1 aromatic carbocycles. The van der Waals surface area contributed by atoms with Gasteiger partial charge in [-0.2, -0.15) is 0 Å². The summed E-state index contributed by atoms with van der Waals surface area (Å²) in [5, 5.41) is 3.89. The number of benzene rings is 1. The van der Waals surface area contributed by atoms with E-state index < -0.39 is 0 Å². The summed E-state index contributed by atoms with van der Waals surface area (Å²) in [5.41, 5.74) is 0.551. The SMILES string of the molecule is C[C@@H]1C[NH+]([C@@H](C)C(=O)Nc2cc(Cl)ccc2Cl)C[C@H](C)O1. The van der Waals surface area contributed by atoms with Gasteiger partial charge in [-0.05, 0) is 39.0 Å². The zero-order chi connectivity index (χ0) is 15.6. The van der Waals surface area contributed by atoms with Crippen LogP contribution < -0.4 is 10.2 Å². The van der Waals surface area contributed by atoms with Crippen molar-refractivity contribution in [3.63, 3.8) is 0 Å². The molecule has 21 heavy (non-hydrogen) atoms. The monoisotopic (exact) mass is 331 g/mol. The Morgan fingerprint density at radius 3 is 2.57 bits per heavy atom. The third kappa shape index (κ3) is 4.33. The van der Waals surface area contributed by atoms with E-state index >= 15 is 0 Å². The first-order valence-corrected chi connectivity index (χ1v) is 7.88. The molecule has 1 fully saturated rings. The zero-order valence-corrected chi connectivity index (χ0v) is 14.0. The fourth-order valence-electron chi connectivity index (χ4n) is 2.69. The van der Waals surface area contributed by atoms with E-state index in [2.05, 4.69) is 5.32 Å². The topological polar surface area (TPSA) is 42.8 Å². The van der Waals surface area contributed by atoms with Crippen molar-refractivity contribution in [1.82, 2.24) is 0 Å². The van der Waals surface area contributed by atoms with Crippen molar-refractivity contribution < 1.29 is 14.4 Å². The number of nitrogens with one attached hydrogen (secondary N) is 2. The molecule has 116 valence electrons. The molecule has 0 bridgehead atoms. The van der Waals surface area contributed by atoms with E-state index in [0.29, 0.717) is 15.7 Å². The van der Waals surface area contributed by atoms with Crippen molar-refractivity contribution in [2.75, 3.05) is 18.4 Å². The second kappa shape index (κ2) is 6.97. The summed E-state index contributed by atoms with van der Waals surface area (Å²) in [5.74, 6) is -0.0598. The number of quaternary nitrogens is 1. The van der Waals surface area contributed by atoms with Crippen molar-refractivity contribution in [2.24, 2.45) is 0 Å². The summed E-state index contributed by atoms with van der Waals surface area (Å²) in [6.45, 7) is 7.64. The Hall–Kier alpha value is -0.810. The Bertz CT molecular complexity index is 514. The lowest BCUT2D eigenvalue weighted by Gasteiger charge is -2.35. The first-order chi connectivity index (χ1) is 9.86. The second-order valence-corrected chi connectivity index (χ2v) is 6.50. The number of carbonyl (C=O) groups excluding carboxylic acids is 1. The van der Waals surface area contributed by atoms with Crippen LogP contribution in [0.2, 0.25) is 10.0 Å². The highest BCUT2D eigenvalue weighted by Crippen LogP contribution is 2.25. The lowest BCUT2D eigenvalue weighted by Crippen LogP contribution is -3.19. The molecule has 1 aromatic rings. The standard InChI is InChI=1S/C15H20Cl2N2O2/c1-9-7-19(8-10(2)21-9)11(3)15(20)18-14-6-12(16)4-5-13(14)17/h4-6,9-11H,7-8H2,1-3H3,(H,18,20)/p+1/t9-,10+,11-/m0/s1. The molecule has 0 aromatic heterocycles. The van der Waals surface area contributed by atoms with Gasteiger partial charge in [0.2, 0.25) is 0 Å². The van der Waals surface area contributed by atoms with Crippen molar-refractivity contribution in [1.29, 1.82) is 0 Å². The van der Waals surface area contributed by atoms with Gasteiger partial charge in [0.1, 0.15) is 25.3 Å². The molecule has 1 unspecified atom stereocenters. The number of hydrogen-bond acceptors (Lipinski definition) is 2. The second-order valence-electron chi connectivity index (χ2n) is 5.66. The Morgan fingerprint density at radius 2 is 1.95 bits per heavy atom. The summed E-state index contributed by atoms with van der Waals surface area (Å²) in [7, 11) is 0. The quantitative estimate of drug-likeness (QED) is 0.889. The number of morpholine rings is 1. The highest BCUT2D eigenvalue weighted by atomic mass is 35.5. The molecule has 4 atom stereocenters. The Kier molecular flexibility index (Phi) is 5.49. The summed E-state index contributed by atoms with van der Waals surface area (Å²) >= 11 is 12.0. The number of ether oxygens (including phenoxy) is 1. The van der Waals surface area contributed by atoms with Gasteiger partial charge >= 0.3 is 0 Å². The van der Waals surface area contributed by atoms with Crippen LogP contribution in [0.5, 0.6) is 0 Å². The molecule has 1 aliphatic heterocycles. The number of amides is 1. The third-order valence-electron chi connectivity index (χ3n) is 3.76. The van der Waals surface area contributed by atoms with Crippen LogP contribution in [0.3, 0.4) is 0 Å². The van der Waals surface area contributed by atoms with Crippen LogP contribution in [-0.2, 0) is 9.53 Å². The maximum absolute atomic E-state index is 12.4. The van der Waals surface area contributed by atoms with E-state index in [-0.39, 0.29) is 24.2 Å². The maximum atomic E-state index is 12.4. The van der Waals surface area contributed by atoms with E-state index in [0.717, 1.165) is 13.1 Å². The van der Waals surface area contributed by atoms with E-state index in [9.17, 15) is 4.79 Å². The predicted octanol–water partition coefficient (Wildman–Crippen LogP) is 2.01. The summed E-state index contributed by atoms with van der Waals surface area (Å²) in [6.07, 6.45) is 0.322. The van der Waals surface area contributed by atoms with Gasteiger partial charge in [-0.3, -0.25) is 4.79 Å². The van der Waals surface area contributed by atoms with Gasteiger partial charge in [-0.1, -0.05) is 23.2 Å². The van der Waals surface area contributed by atoms with Gasteiger partial charge in [0.15, 0.2) is 6.04 Å². The Morgan fingerprint density at radius 1 is 1.33 bits per heavy atom. The maximum Gasteiger partial charge on any atom is 0.282 e. The average molecular weight is 332 g/mol. The molecular weight excluding hydrogens is 311 g/mol. The predicted molar refractivity (Wildman–Crippen MR) is 85.3 cm³/mol. The van der Waals surface area contributed by atoms with Crippen molar-refractivity contribution in [3.05, 3.63) is 28.2 Å². The van der Waals surface area contributed by atoms with Crippen molar-refractivity contribution in [2.45, 2.75) is 39.0 Å². The van der Waals surface area contributed by atoms with Crippen LogP contribution in [0.4, 0.5) is 5.69 Å². The van der Waals surface area contributed by atoms with Crippen LogP contribution in [0.1, 0.15) is 20.8 Å². The molecule has 2 rings (SSSR count). The minimum atomic E-state index is -0.172. The summed E-state index contributed by atoms with van der Waals surface area (Å²) in [4.78, 5) is 13.6. The van der Waals surface area contributed by atoms with E-state index in [1.807, 2.05) is 20.8 Å². The normalized spacial score (nSPS) is 27.2. The smallest absolute Gasteiger partial charge is 0.282 e. The van der Waals surface area contributed by atoms with Crippen LogP contribution in [-0.4, -0.2) is 37.2 Å². The molecule has 0 radical (unpaired) electrons. The first-order valence-electron chi connectivity index (χ1n) is 7.12. The summed E-state index contributed by atoms with van der Waals surface area (Å²) in [6, 6.07) is 4.86. The molecule has 0 saturated carbocycles. The Labute approximate surface area is 135 Å². The minimum Gasteiger partial charge on any atom is -0.364 e. The van der Waals surface area contributed by atoms with E-state index in [4.69, 9.17) is 27.9 Å². The third-order valence-corrected chi connectivity index (χ3v) is 4.32. The van der Waals surface area contributed by atoms with Crippen LogP contribution >= 0.6 is 23.2 Å². The molecule has 0 aliphatic carbocycles. The molecule has 1 aliphatic rings.